The third-order valence-corrected chi connectivity index (χ3v) is 2.42. The first kappa shape index (κ1) is 9.78. The van der Waals surface area contributed by atoms with Gasteiger partial charge in [-0.1, -0.05) is 0 Å². The van der Waals surface area contributed by atoms with Gasteiger partial charge >= 0.3 is 0 Å². The van der Waals surface area contributed by atoms with Gasteiger partial charge in [-0.2, -0.15) is 4.37 Å². The molecule has 0 saturated carbocycles. The predicted octanol–water partition coefficient (Wildman–Crippen LogP) is 0.831. The molecule has 0 unspecified atom stereocenters. The highest BCUT2D eigenvalue weighted by molar-refractivity contribution is 7.09. The van der Waals surface area contributed by atoms with Crippen LogP contribution in [0, 0.1) is 6.92 Å². The van der Waals surface area contributed by atoms with Crippen LogP contribution in [0.15, 0.2) is 12.3 Å². The van der Waals surface area contributed by atoms with E-state index in [1.54, 1.807) is 12.3 Å². The van der Waals surface area contributed by atoms with E-state index in [1.807, 2.05) is 6.92 Å². The Morgan fingerprint density at radius 1 is 1.47 bits per heavy atom. The SMILES string of the molecule is Cc1nsc(NCc2nccc(N)n2)n1. The molecular formula is C8H10N6S. The summed E-state index contributed by atoms with van der Waals surface area (Å²) in [6, 6.07) is 1.65. The largest absolute Gasteiger partial charge is 0.384 e. The molecule has 6 nitrogen and oxygen atoms in total. The number of anilines is 2. The highest BCUT2D eigenvalue weighted by Gasteiger charge is 2.01. The standard InChI is InChI=1S/C8H10N6S/c1-5-12-8(15-14-5)11-4-7-10-3-2-6(9)13-7/h2-3H,4H2,1H3,(H2,9,10,13)(H,11,12,14). The predicted molar refractivity (Wildman–Crippen MR) is 58.4 cm³/mol. The number of aromatic nitrogens is 4. The number of hydrogen-bond acceptors (Lipinski definition) is 7. The molecule has 15 heavy (non-hydrogen) atoms. The first-order valence-electron chi connectivity index (χ1n) is 4.35. The van der Waals surface area contributed by atoms with Crippen molar-refractivity contribution >= 4 is 22.5 Å². The van der Waals surface area contributed by atoms with Gasteiger partial charge in [0.2, 0.25) is 5.13 Å². The molecule has 3 N–H and O–H groups in total. The van der Waals surface area contributed by atoms with E-state index < -0.39 is 0 Å². The fourth-order valence-electron chi connectivity index (χ4n) is 1.02. The Balaban J connectivity index is 1.99. The number of nitrogen functional groups attached to an aromatic ring is 1. The Labute approximate surface area is 90.8 Å². The second-order valence-electron chi connectivity index (χ2n) is 2.90. The van der Waals surface area contributed by atoms with Crippen molar-refractivity contribution in [2.24, 2.45) is 0 Å². The zero-order valence-electron chi connectivity index (χ0n) is 8.14. The lowest BCUT2D eigenvalue weighted by Gasteiger charge is -2.00. The minimum atomic E-state index is 0.468. The molecule has 0 amide bonds. The molecule has 0 spiro atoms. The average Bonchev–Trinajstić information content (AvgIpc) is 2.62. The van der Waals surface area contributed by atoms with Gasteiger partial charge in [-0.15, -0.1) is 0 Å². The summed E-state index contributed by atoms with van der Waals surface area (Å²) >= 11 is 1.31. The number of hydrogen-bond donors (Lipinski definition) is 2. The average molecular weight is 222 g/mol. The minimum Gasteiger partial charge on any atom is -0.384 e. The maximum Gasteiger partial charge on any atom is 0.202 e. The molecule has 2 aromatic heterocycles. The second-order valence-corrected chi connectivity index (χ2v) is 3.65. The zero-order chi connectivity index (χ0) is 10.7. The summed E-state index contributed by atoms with van der Waals surface area (Å²) in [7, 11) is 0. The van der Waals surface area contributed by atoms with Crippen LogP contribution in [0.25, 0.3) is 0 Å². The van der Waals surface area contributed by atoms with E-state index in [1.165, 1.54) is 11.5 Å². The van der Waals surface area contributed by atoms with Crippen LogP contribution in [0.1, 0.15) is 11.6 Å². The van der Waals surface area contributed by atoms with E-state index in [9.17, 15) is 0 Å². The Morgan fingerprint density at radius 2 is 2.33 bits per heavy atom. The molecule has 0 atom stereocenters. The maximum absolute atomic E-state index is 5.53. The molecule has 2 rings (SSSR count). The zero-order valence-corrected chi connectivity index (χ0v) is 8.95. The first-order chi connectivity index (χ1) is 7.24. The van der Waals surface area contributed by atoms with Crippen molar-refractivity contribution < 1.29 is 0 Å². The number of nitrogens with one attached hydrogen (secondary N) is 1. The van der Waals surface area contributed by atoms with E-state index in [4.69, 9.17) is 5.73 Å². The minimum absolute atomic E-state index is 0.468. The molecule has 0 aliphatic rings. The molecule has 0 aliphatic heterocycles. The third kappa shape index (κ3) is 2.59. The quantitative estimate of drug-likeness (QED) is 0.799. The van der Waals surface area contributed by atoms with Crippen molar-refractivity contribution in [3.63, 3.8) is 0 Å². The summed E-state index contributed by atoms with van der Waals surface area (Å²) < 4.78 is 4.05. The fraction of sp³-hybridized carbons (Fsp3) is 0.250. The van der Waals surface area contributed by atoms with Crippen LogP contribution >= 0.6 is 11.5 Å². The summed E-state index contributed by atoms with van der Waals surface area (Å²) in [5, 5.41) is 3.84. The molecular weight excluding hydrogens is 212 g/mol. The lowest BCUT2D eigenvalue weighted by molar-refractivity contribution is 0.949. The number of nitrogens with two attached hydrogens (primary N) is 1. The van der Waals surface area contributed by atoms with Crippen LogP contribution in [0.2, 0.25) is 0 Å². The highest BCUT2D eigenvalue weighted by Crippen LogP contribution is 2.10. The molecule has 0 bridgehead atoms. The molecule has 0 fully saturated rings. The van der Waals surface area contributed by atoms with Crippen LogP contribution in [0.3, 0.4) is 0 Å². The van der Waals surface area contributed by atoms with Gasteiger partial charge in [0.25, 0.3) is 0 Å². The van der Waals surface area contributed by atoms with Crippen molar-refractivity contribution in [1.82, 2.24) is 19.3 Å². The Bertz CT molecular complexity index is 454. The molecule has 2 aromatic rings. The van der Waals surface area contributed by atoms with E-state index in [0.29, 0.717) is 18.2 Å². The van der Waals surface area contributed by atoms with E-state index in [2.05, 4.69) is 24.6 Å². The normalized spacial score (nSPS) is 10.2. The Morgan fingerprint density at radius 3 is 3.00 bits per heavy atom. The van der Waals surface area contributed by atoms with Crippen molar-refractivity contribution in [2.45, 2.75) is 13.5 Å². The number of aryl methyl sites for hydroxylation is 1. The fourth-order valence-corrected chi connectivity index (χ4v) is 1.59. The molecule has 78 valence electrons. The smallest absolute Gasteiger partial charge is 0.202 e. The maximum atomic E-state index is 5.53. The summed E-state index contributed by atoms with van der Waals surface area (Å²) in [6.07, 6.45) is 1.63. The molecule has 0 aliphatic carbocycles. The topological polar surface area (TPSA) is 89.6 Å². The van der Waals surface area contributed by atoms with Crippen LogP contribution < -0.4 is 11.1 Å². The lowest BCUT2D eigenvalue weighted by atomic mass is 10.5. The van der Waals surface area contributed by atoms with Crippen molar-refractivity contribution in [3.05, 3.63) is 23.9 Å². The molecule has 0 aromatic carbocycles. The number of rotatable bonds is 3. The van der Waals surface area contributed by atoms with Crippen LogP contribution in [0.5, 0.6) is 0 Å². The van der Waals surface area contributed by atoms with Gasteiger partial charge in [0.15, 0.2) is 0 Å². The van der Waals surface area contributed by atoms with Crippen molar-refractivity contribution in [2.75, 3.05) is 11.1 Å². The summed E-state index contributed by atoms with van der Waals surface area (Å²) in [6.45, 7) is 2.35. The van der Waals surface area contributed by atoms with Crippen molar-refractivity contribution in [1.29, 1.82) is 0 Å². The highest BCUT2D eigenvalue weighted by atomic mass is 32.1. The van der Waals surface area contributed by atoms with Crippen molar-refractivity contribution in [3.8, 4) is 0 Å². The lowest BCUT2D eigenvalue weighted by Crippen LogP contribution is -2.05. The van der Waals surface area contributed by atoms with Crippen LogP contribution in [-0.2, 0) is 6.54 Å². The van der Waals surface area contributed by atoms with E-state index >= 15 is 0 Å². The van der Waals surface area contributed by atoms with Gasteiger partial charge < -0.3 is 11.1 Å². The van der Waals surface area contributed by atoms with Gasteiger partial charge in [-0.3, -0.25) is 0 Å². The summed E-state index contributed by atoms with van der Waals surface area (Å²) in [5.41, 5.74) is 5.53. The Hall–Kier alpha value is -1.76. The second kappa shape index (κ2) is 4.18. The van der Waals surface area contributed by atoms with Gasteiger partial charge in [0.1, 0.15) is 17.5 Å². The van der Waals surface area contributed by atoms with Crippen LogP contribution in [-0.4, -0.2) is 19.3 Å². The van der Waals surface area contributed by atoms with Gasteiger partial charge in [0, 0.05) is 17.7 Å². The summed E-state index contributed by atoms with van der Waals surface area (Å²) in [4.78, 5) is 12.3. The van der Waals surface area contributed by atoms with Gasteiger partial charge in [0.05, 0.1) is 6.54 Å². The van der Waals surface area contributed by atoms with E-state index in [-0.39, 0.29) is 0 Å². The third-order valence-electron chi connectivity index (χ3n) is 1.65. The van der Waals surface area contributed by atoms with Gasteiger partial charge in [-0.05, 0) is 13.0 Å². The monoisotopic (exact) mass is 222 g/mol. The van der Waals surface area contributed by atoms with Crippen LogP contribution in [0.4, 0.5) is 10.9 Å². The first-order valence-corrected chi connectivity index (χ1v) is 5.13. The molecule has 0 radical (unpaired) electrons. The number of nitrogens with zero attached hydrogens (tertiary/aromatic N) is 4. The molecule has 7 heteroatoms. The molecule has 0 saturated heterocycles. The Kier molecular flexibility index (Phi) is 2.72. The molecule has 2 heterocycles. The summed E-state index contributed by atoms with van der Waals surface area (Å²) in [5.74, 6) is 1.87. The van der Waals surface area contributed by atoms with E-state index in [0.717, 1.165) is 11.0 Å². The van der Waals surface area contributed by atoms with Gasteiger partial charge in [-0.25, -0.2) is 15.0 Å².